The van der Waals surface area contributed by atoms with Gasteiger partial charge in [-0.05, 0) is 13.8 Å². The first-order valence-corrected chi connectivity index (χ1v) is 4.88. The highest BCUT2D eigenvalue weighted by molar-refractivity contribution is 5.83. The number of nitrogens with zero attached hydrogens (tertiary/aromatic N) is 2. The van der Waals surface area contributed by atoms with Crippen LogP contribution in [0.15, 0.2) is 12.4 Å². The molecule has 1 aromatic rings. The van der Waals surface area contributed by atoms with Gasteiger partial charge in [0.25, 0.3) is 5.91 Å². The summed E-state index contributed by atoms with van der Waals surface area (Å²) in [6, 6.07) is 0. The van der Waals surface area contributed by atoms with E-state index in [1.165, 1.54) is 13.8 Å². The van der Waals surface area contributed by atoms with E-state index in [4.69, 9.17) is 0 Å². The number of hydrogen-bond acceptors (Lipinski definition) is 3. The minimum Gasteiger partial charge on any atom is -0.381 e. The van der Waals surface area contributed by atoms with Crippen molar-refractivity contribution in [3.8, 4) is 0 Å². The van der Waals surface area contributed by atoms with Crippen molar-refractivity contribution >= 4 is 5.91 Å². The van der Waals surface area contributed by atoms with Gasteiger partial charge in [-0.15, -0.1) is 0 Å². The molecule has 0 aliphatic heterocycles. The van der Waals surface area contributed by atoms with Crippen LogP contribution in [0.4, 0.5) is 0 Å². The van der Waals surface area contributed by atoms with E-state index in [0.29, 0.717) is 13.0 Å². The van der Waals surface area contributed by atoms with Gasteiger partial charge in [-0.25, -0.2) is 4.98 Å². The minimum absolute atomic E-state index is 0.364. The lowest BCUT2D eigenvalue weighted by Gasteiger charge is -2.16. The highest BCUT2D eigenvalue weighted by Crippen LogP contribution is 2.00. The monoisotopic (exact) mass is 211 g/mol. The van der Waals surface area contributed by atoms with E-state index < -0.39 is 5.60 Å². The molecule has 0 atom stereocenters. The van der Waals surface area contributed by atoms with Crippen LogP contribution >= 0.6 is 0 Å². The first kappa shape index (κ1) is 11.7. The molecule has 1 aromatic heterocycles. The average Bonchev–Trinajstić information content (AvgIpc) is 2.50. The molecule has 0 fully saturated rings. The second kappa shape index (κ2) is 4.44. The van der Waals surface area contributed by atoms with Crippen LogP contribution in [0, 0.1) is 0 Å². The van der Waals surface area contributed by atoms with Crippen molar-refractivity contribution in [2.75, 3.05) is 6.54 Å². The molecule has 0 saturated heterocycles. The number of rotatable bonds is 4. The summed E-state index contributed by atoms with van der Waals surface area (Å²) in [5.41, 5.74) is -1.32. The smallest absolute Gasteiger partial charge is 0.251 e. The first-order chi connectivity index (χ1) is 6.91. The zero-order chi connectivity index (χ0) is 11.5. The van der Waals surface area contributed by atoms with Crippen molar-refractivity contribution in [3.05, 3.63) is 18.2 Å². The third-order valence-electron chi connectivity index (χ3n) is 2.11. The van der Waals surface area contributed by atoms with Crippen molar-refractivity contribution in [2.45, 2.75) is 25.9 Å². The molecule has 0 radical (unpaired) electrons. The number of hydrogen-bond donors (Lipinski definition) is 2. The highest BCUT2D eigenvalue weighted by atomic mass is 16.3. The maximum absolute atomic E-state index is 11.3. The molecule has 1 amide bonds. The third kappa shape index (κ3) is 3.36. The van der Waals surface area contributed by atoms with Gasteiger partial charge >= 0.3 is 0 Å². The van der Waals surface area contributed by atoms with Crippen molar-refractivity contribution in [3.63, 3.8) is 0 Å². The molecule has 84 valence electrons. The molecule has 0 unspecified atom stereocenters. The molecule has 0 spiro atoms. The van der Waals surface area contributed by atoms with Crippen molar-refractivity contribution < 1.29 is 9.90 Å². The summed E-state index contributed by atoms with van der Waals surface area (Å²) in [4.78, 5) is 15.4. The molecule has 0 saturated carbocycles. The van der Waals surface area contributed by atoms with Gasteiger partial charge < -0.3 is 15.0 Å². The molecule has 15 heavy (non-hydrogen) atoms. The molecule has 0 bridgehead atoms. The number of aliphatic hydroxyl groups is 1. The Hall–Kier alpha value is -1.36. The van der Waals surface area contributed by atoms with Crippen molar-refractivity contribution in [2.24, 2.45) is 7.05 Å². The second-order valence-electron chi connectivity index (χ2n) is 4.02. The van der Waals surface area contributed by atoms with E-state index in [9.17, 15) is 9.90 Å². The van der Waals surface area contributed by atoms with Crippen LogP contribution in [-0.2, 0) is 18.3 Å². The molecule has 2 N–H and O–H groups in total. The maximum atomic E-state index is 11.3. The lowest BCUT2D eigenvalue weighted by atomic mass is 10.1. The standard InChI is InChI=1S/C10H17N3O2/c1-10(2,15)9(14)12-5-4-8-11-6-7-13(8)3/h6-7,15H,4-5H2,1-3H3,(H,12,14). The molecular formula is C10H17N3O2. The number of imidazole rings is 1. The van der Waals surface area contributed by atoms with E-state index in [-0.39, 0.29) is 5.91 Å². The van der Waals surface area contributed by atoms with Crippen LogP contribution < -0.4 is 5.32 Å². The SMILES string of the molecule is Cn1ccnc1CCNC(=O)C(C)(C)O. The number of aromatic nitrogens is 2. The molecule has 5 nitrogen and oxygen atoms in total. The number of nitrogens with one attached hydrogen (secondary N) is 1. The van der Waals surface area contributed by atoms with E-state index in [0.717, 1.165) is 5.82 Å². The van der Waals surface area contributed by atoms with Crippen molar-refractivity contribution in [1.29, 1.82) is 0 Å². The zero-order valence-corrected chi connectivity index (χ0v) is 9.32. The van der Waals surface area contributed by atoms with Gasteiger partial charge in [-0.2, -0.15) is 0 Å². The maximum Gasteiger partial charge on any atom is 0.251 e. The molecule has 1 rings (SSSR count). The van der Waals surface area contributed by atoms with Crippen LogP contribution in [0.5, 0.6) is 0 Å². The van der Waals surface area contributed by atoms with Crippen LogP contribution in [0.1, 0.15) is 19.7 Å². The quantitative estimate of drug-likeness (QED) is 0.728. The number of carbonyl (C=O) groups excluding carboxylic acids is 1. The summed E-state index contributed by atoms with van der Waals surface area (Å²) < 4.78 is 1.90. The van der Waals surface area contributed by atoms with Crippen molar-refractivity contribution in [1.82, 2.24) is 14.9 Å². The highest BCUT2D eigenvalue weighted by Gasteiger charge is 2.22. The van der Waals surface area contributed by atoms with Gasteiger partial charge in [0.2, 0.25) is 0 Å². The predicted molar refractivity (Wildman–Crippen MR) is 56.2 cm³/mol. The summed E-state index contributed by atoms with van der Waals surface area (Å²) >= 11 is 0. The van der Waals surface area contributed by atoms with Crippen LogP contribution in [0.3, 0.4) is 0 Å². The third-order valence-corrected chi connectivity index (χ3v) is 2.11. The van der Waals surface area contributed by atoms with E-state index in [2.05, 4.69) is 10.3 Å². The Morgan fingerprint density at radius 3 is 2.80 bits per heavy atom. The molecule has 0 aliphatic carbocycles. The Kier molecular flexibility index (Phi) is 3.47. The Morgan fingerprint density at radius 1 is 1.67 bits per heavy atom. The van der Waals surface area contributed by atoms with Gasteiger partial charge in [0.1, 0.15) is 11.4 Å². The first-order valence-electron chi connectivity index (χ1n) is 4.88. The second-order valence-corrected chi connectivity index (χ2v) is 4.02. The Bertz CT molecular complexity index is 339. The number of carbonyl (C=O) groups is 1. The largest absolute Gasteiger partial charge is 0.381 e. The molecule has 1 heterocycles. The molecule has 0 aliphatic rings. The number of amides is 1. The Balaban J connectivity index is 2.35. The zero-order valence-electron chi connectivity index (χ0n) is 9.32. The van der Waals surface area contributed by atoms with Crippen LogP contribution in [0.25, 0.3) is 0 Å². The van der Waals surface area contributed by atoms with Gasteiger partial charge in [0.05, 0.1) is 0 Å². The lowest BCUT2D eigenvalue weighted by molar-refractivity contribution is -0.136. The lowest BCUT2D eigenvalue weighted by Crippen LogP contribution is -2.42. The van der Waals surface area contributed by atoms with Gasteiger partial charge in [-0.1, -0.05) is 0 Å². The van der Waals surface area contributed by atoms with Crippen LogP contribution in [0.2, 0.25) is 0 Å². The predicted octanol–water partition coefficient (Wildman–Crippen LogP) is -0.150. The minimum atomic E-state index is -1.32. The Labute approximate surface area is 89.1 Å². The summed E-state index contributed by atoms with van der Waals surface area (Å²) in [7, 11) is 1.90. The topological polar surface area (TPSA) is 67.2 Å². The molecular weight excluding hydrogens is 194 g/mol. The summed E-state index contributed by atoms with van der Waals surface area (Å²) in [6.45, 7) is 3.40. The summed E-state index contributed by atoms with van der Waals surface area (Å²) in [5.74, 6) is 0.544. The van der Waals surface area contributed by atoms with Gasteiger partial charge in [0, 0.05) is 32.4 Å². The summed E-state index contributed by atoms with van der Waals surface area (Å²) in [5, 5.41) is 12.0. The fourth-order valence-corrected chi connectivity index (χ4v) is 1.14. The van der Waals surface area contributed by atoms with E-state index >= 15 is 0 Å². The van der Waals surface area contributed by atoms with E-state index in [1.807, 2.05) is 17.8 Å². The van der Waals surface area contributed by atoms with E-state index in [1.54, 1.807) is 6.20 Å². The molecule has 0 aromatic carbocycles. The normalized spacial score (nSPS) is 11.5. The summed E-state index contributed by atoms with van der Waals surface area (Å²) in [6.07, 6.45) is 4.23. The number of aryl methyl sites for hydroxylation is 1. The van der Waals surface area contributed by atoms with Gasteiger partial charge in [0.15, 0.2) is 0 Å². The molecule has 5 heteroatoms. The Morgan fingerprint density at radius 2 is 2.33 bits per heavy atom. The fourth-order valence-electron chi connectivity index (χ4n) is 1.14. The van der Waals surface area contributed by atoms with Crippen LogP contribution in [-0.4, -0.2) is 32.7 Å². The average molecular weight is 211 g/mol. The fraction of sp³-hybridized carbons (Fsp3) is 0.600. The van der Waals surface area contributed by atoms with Gasteiger partial charge in [-0.3, -0.25) is 4.79 Å².